The van der Waals surface area contributed by atoms with E-state index in [9.17, 15) is 4.79 Å². The molecule has 3 aromatic rings. The summed E-state index contributed by atoms with van der Waals surface area (Å²) in [6.07, 6.45) is 2.05. The van der Waals surface area contributed by atoms with E-state index in [1.807, 2.05) is 47.7 Å². The van der Waals surface area contributed by atoms with E-state index in [0.29, 0.717) is 6.54 Å². The Balaban J connectivity index is 1.54. The lowest BCUT2D eigenvalue weighted by atomic mass is 10.1. The number of nitrogens with zero attached hydrogens (tertiary/aromatic N) is 4. The van der Waals surface area contributed by atoms with Gasteiger partial charge in [0.15, 0.2) is 4.96 Å². The Kier molecular flexibility index (Phi) is 4.42. The van der Waals surface area contributed by atoms with Crippen molar-refractivity contribution in [1.82, 2.24) is 14.3 Å². The first-order valence-corrected chi connectivity index (χ1v) is 9.54. The number of methoxy groups -OCH3 is 1. The highest BCUT2D eigenvalue weighted by Crippen LogP contribution is 2.26. The van der Waals surface area contributed by atoms with Gasteiger partial charge in [-0.15, -0.1) is 11.3 Å². The molecular weight excluding hydrogens is 348 g/mol. The lowest BCUT2D eigenvalue weighted by molar-refractivity contribution is -0.122. The third kappa shape index (κ3) is 2.97. The molecule has 1 aliphatic rings. The molecule has 4 rings (SSSR count). The zero-order chi connectivity index (χ0) is 18.3. The number of ether oxygens (including phenoxy) is 1. The van der Waals surface area contributed by atoms with Gasteiger partial charge in [0.2, 0.25) is 5.91 Å². The van der Waals surface area contributed by atoms with Crippen LogP contribution >= 0.6 is 11.3 Å². The second kappa shape index (κ2) is 6.74. The molecule has 1 aromatic carbocycles. The first-order valence-electron chi connectivity index (χ1n) is 8.66. The van der Waals surface area contributed by atoms with Crippen LogP contribution in [0.2, 0.25) is 0 Å². The minimum atomic E-state index is 0.0922. The summed E-state index contributed by atoms with van der Waals surface area (Å²) in [7, 11) is 1.64. The molecule has 26 heavy (non-hydrogen) atoms. The number of imidazole rings is 1. The Labute approximate surface area is 156 Å². The number of aromatic nitrogens is 2. The summed E-state index contributed by atoms with van der Waals surface area (Å²) in [5.74, 6) is 0.875. The summed E-state index contributed by atoms with van der Waals surface area (Å²) in [6.45, 7) is 6.07. The van der Waals surface area contributed by atoms with E-state index in [1.165, 1.54) is 0 Å². The number of hydrogen-bond acceptors (Lipinski definition) is 5. The fourth-order valence-corrected chi connectivity index (χ4v) is 4.43. The quantitative estimate of drug-likeness (QED) is 0.709. The van der Waals surface area contributed by atoms with E-state index < -0.39 is 0 Å². The molecule has 136 valence electrons. The Morgan fingerprint density at radius 3 is 3.00 bits per heavy atom. The SMILES string of the molecule is COc1cccc(N2C(=O)CN(Cc3c(C)nc4sccn34)C[C@H]2C)c1. The average Bonchev–Trinajstić information content (AvgIpc) is 3.17. The summed E-state index contributed by atoms with van der Waals surface area (Å²) in [5.41, 5.74) is 3.09. The number of anilines is 1. The number of aryl methyl sites for hydroxylation is 1. The third-order valence-corrected chi connectivity index (χ3v) is 5.61. The van der Waals surface area contributed by atoms with Crippen LogP contribution in [0.3, 0.4) is 0 Å². The summed E-state index contributed by atoms with van der Waals surface area (Å²) in [6, 6.07) is 7.78. The predicted octanol–water partition coefficient (Wildman–Crippen LogP) is 2.95. The Morgan fingerprint density at radius 1 is 1.38 bits per heavy atom. The normalized spacial score (nSPS) is 18.7. The summed E-state index contributed by atoms with van der Waals surface area (Å²) < 4.78 is 7.43. The van der Waals surface area contributed by atoms with Gasteiger partial charge in [-0.3, -0.25) is 14.1 Å². The molecule has 0 unspecified atom stereocenters. The van der Waals surface area contributed by atoms with Crippen molar-refractivity contribution in [3.8, 4) is 5.75 Å². The van der Waals surface area contributed by atoms with Gasteiger partial charge in [-0.25, -0.2) is 4.98 Å². The van der Waals surface area contributed by atoms with Crippen molar-refractivity contribution in [2.45, 2.75) is 26.4 Å². The number of carbonyl (C=O) groups is 1. The summed E-state index contributed by atoms with van der Waals surface area (Å²) >= 11 is 1.63. The van der Waals surface area contributed by atoms with Gasteiger partial charge in [0, 0.05) is 42.5 Å². The van der Waals surface area contributed by atoms with Gasteiger partial charge < -0.3 is 9.64 Å². The predicted molar refractivity (Wildman–Crippen MR) is 103 cm³/mol. The minimum Gasteiger partial charge on any atom is -0.497 e. The number of piperazine rings is 1. The van der Waals surface area contributed by atoms with Crippen LogP contribution in [0.4, 0.5) is 5.69 Å². The molecule has 7 heteroatoms. The van der Waals surface area contributed by atoms with E-state index in [2.05, 4.69) is 21.2 Å². The number of benzene rings is 1. The van der Waals surface area contributed by atoms with E-state index in [1.54, 1.807) is 18.4 Å². The number of hydrogen-bond donors (Lipinski definition) is 0. The van der Waals surface area contributed by atoms with Gasteiger partial charge in [0.05, 0.1) is 25.0 Å². The van der Waals surface area contributed by atoms with Gasteiger partial charge in [-0.2, -0.15) is 0 Å². The highest BCUT2D eigenvalue weighted by molar-refractivity contribution is 7.15. The number of rotatable bonds is 4. The van der Waals surface area contributed by atoms with Gasteiger partial charge in [-0.05, 0) is 26.0 Å². The molecule has 0 saturated carbocycles. The molecule has 1 saturated heterocycles. The van der Waals surface area contributed by atoms with Gasteiger partial charge in [0.25, 0.3) is 0 Å². The van der Waals surface area contributed by atoms with E-state index >= 15 is 0 Å². The molecule has 0 bridgehead atoms. The molecule has 6 nitrogen and oxygen atoms in total. The van der Waals surface area contributed by atoms with Crippen molar-refractivity contribution >= 4 is 27.9 Å². The van der Waals surface area contributed by atoms with Crippen LogP contribution in [-0.2, 0) is 11.3 Å². The first-order chi connectivity index (χ1) is 12.6. The maximum atomic E-state index is 12.9. The molecule has 1 atom stereocenters. The van der Waals surface area contributed by atoms with Crippen molar-refractivity contribution in [2.75, 3.05) is 25.1 Å². The number of thiazole rings is 1. The van der Waals surface area contributed by atoms with E-state index in [-0.39, 0.29) is 11.9 Å². The molecular formula is C19H22N4O2S. The first kappa shape index (κ1) is 17.1. The van der Waals surface area contributed by atoms with Crippen LogP contribution in [0, 0.1) is 6.92 Å². The van der Waals surface area contributed by atoms with Crippen molar-refractivity contribution in [3.05, 3.63) is 47.2 Å². The average molecular weight is 370 g/mol. The zero-order valence-electron chi connectivity index (χ0n) is 15.2. The zero-order valence-corrected chi connectivity index (χ0v) is 16.0. The molecule has 1 fully saturated rings. The number of amides is 1. The van der Waals surface area contributed by atoms with Crippen LogP contribution in [0.25, 0.3) is 4.96 Å². The maximum absolute atomic E-state index is 12.9. The number of carbonyl (C=O) groups excluding carboxylic acids is 1. The molecule has 0 aliphatic carbocycles. The lowest BCUT2D eigenvalue weighted by Gasteiger charge is -2.39. The van der Waals surface area contributed by atoms with Crippen LogP contribution in [0.1, 0.15) is 18.3 Å². The topological polar surface area (TPSA) is 50.1 Å². The summed E-state index contributed by atoms with van der Waals surface area (Å²) in [5, 5.41) is 2.04. The molecule has 0 N–H and O–H groups in total. The fourth-order valence-electron chi connectivity index (χ4n) is 3.66. The fraction of sp³-hybridized carbons (Fsp3) is 0.368. The van der Waals surface area contributed by atoms with E-state index in [4.69, 9.17) is 4.74 Å². The second-order valence-corrected chi connectivity index (χ2v) is 7.56. The molecule has 1 aliphatic heterocycles. The molecule has 3 heterocycles. The van der Waals surface area contributed by atoms with Gasteiger partial charge in [-0.1, -0.05) is 6.07 Å². The Hall–Kier alpha value is -2.38. The largest absolute Gasteiger partial charge is 0.497 e. The summed E-state index contributed by atoms with van der Waals surface area (Å²) in [4.78, 5) is 22.6. The van der Waals surface area contributed by atoms with Crippen LogP contribution in [0.15, 0.2) is 35.8 Å². The monoisotopic (exact) mass is 370 g/mol. The Bertz CT molecular complexity index is 948. The maximum Gasteiger partial charge on any atom is 0.241 e. The highest BCUT2D eigenvalue weighted by atomic mass is 32.1. The van der Waals surface area contributed by atoms with Crippen LogP contribution in [-0.4, -0.2) is 46.4 Å². The minimum absolute atomic E-state index is 0.0922. The van der Waals surface area contributed by atoms with E-state index in [0.717, 1.165) is 40.9 Å². The van der Waals surface area contributed by atoms with Gasteiger partial charge >= 0.3 is 0 Å². The number of fused-ring (bicyclic) bond motifs is 1. The lowest BCUT2D eigenvalue weighted by Crippen LogP contribution is -2.55. The van der Waals surface area contributed by atoms with Crippen molar-refractivity contribution < 1.29 is 9.53 Å². The van der Waals surface area contributed by atoms with Crippen molar-refractivity contribution in [1.29, 1.82) is 0 Å². The van der Waals surface area contributed by atoms with Crippen molar-refractivity contribution in [3.63, 3.8) is 0 Å². The standard InChI is InChI=1S/C19H22N4O2S/c1-13-10-21(11-17-14(2)20-19-22(17)7-8-26-19)12-18(24)23(13)15-5-4-6-16(9-15)25-3/h4-9,13H,10-12H2,1-3H3/t13-/m1/s1. The van der Waals surface area contributed by atoms with Crippen LogP contribution in [0.5, 0.6) is 5.75 Å². The molecule has 2 aromatic heterocycles. The Morgan fingerprint density at radius 2 is 2.23 bits per heavy atom. The highest BCUT2D eigenvalue weighted by Gasteiger charge is 2.31. The third-order valence-electron chi connectivity index (χ3n) is 4.86. The molecule has 0 radical (unpaired) electrons. The van der Waals surface area contributed by atoms with Crippen LogP contribution < -0.4 is 9.64 Å². The molecule has 1 amide bonds. The smallest absolute Gasteiger partial charge is 0.241 e. The van der Waals surface area contributed by atoms with Crippen molar-refractivity contribution in [2.24, 2.45) is 0 Å². The van der Waals surface area contributed by atoms with Gasteiger partial charge in [0.1, 0.15) is 5.75 Å². The molecule has 0 spiro atoms. The second-order valence-electron chi connectivity index (χ2n) is 6.68.